The van der Waals surface area contributed by atoms with Gasteiger partial charge in [-0.1, -0.05) is 12.1 Å². The molecule has 0 radical (unpaired) electrons. The van der Waals surface area contributed by atoms with Crippen molar-refractivity contribution < 1.29 is 0 Å². The molecule has 0 aliphatic rings. The molecule has 0 fully saturated rings. The van der Waals surface area contributed by atoms with Crippen LogP contribution in [0.5, 0.6) is 0 Å². The van der Waals surface area contributed by atoms with E-state index >= 15 is 0 Å². The lowest BCUT2D eigenvalue weighted by Gasteiger charge is -2.22. The summed E-state index contributed by atoms with van der Waals surface area (Å²) in [5.74, 6) is 0.890. The molecule has 0 atom stereocenters. The Morgan fingerprint density at radius 1 is 1.17 bits per heavy atom. The van der Waals surface area contributed by atoms with Gasteiger partial charge in [0.05, 0.1) is 6.54 Å². The summed E-state index contributed by atoms with van der Waals surface area (Å²) >= 11 is 0. The number of hydrogen-bond acceptors (Lipinski definition) is 2. The lowest BCUT2D eigenvalue weighted by Crippen LogP contribution is -2.38. The maximum Gasteiger partial charge on any atom is 0.194 e. The number of aryl methyl sites for hydroxylation is 1. The third-order valence-corrected chi connectivity index (χ3v) is 3.90. The van der Waals surface area contributed by atoms with Gasteiger partial charge < -0.3 is 19.7 Å². The summed E-state index contributed by atoms with van der Waals surface area (Å²) in [6.07, 6.45) is 2.06. The molecule has 0 saturated heterocycles. The summed E-state index contributed by atoms with van der Waals surface area (Å²) in [6.45, 7) is 1.58. The normalized spacial score (nSPS) is 11.4. The number of aromatic nitrogens is 1. The van der Waals surface area contributed by atoms with E-state index in [2.05, 4.69) is 95.5 Å². The predicted octanol–water partition coefficient (Wildman–Crippen LogP) is 2.30. The van der Waals surface area contributed by atoms with Gasteiger partial charge >= 0.3 is 0 Å². The minimum absolute atomic E-state index is 0.756. The van der Waals surface area contributed by atoms with Crippen LogP contribution in [0.15, 0.2) is 47.6 Å². The lowest BCUT2D eigenvalue weighted by atomic mass is 10.2. The van der Waals surface area contributed by atoms with Crippen molar-refractivity contribution in [1.29, 1.82) is 0 Å². The average molecular weight is 313 g/mol. The summed E-state index contributed by atoms with van der Waals surface area (Å²) in [4.78, 5) is 8.62. The Hall–Kier alpha value is -2.43. The maximum atomic E-state index is 4.38. The largest absolute Gasteiger partial charge is 0.378 e. The van der Waals surface area contributed by atoms with Crippen molar-refractivity contribution in [3.05, 3.63) is 53.9 Å². The van der Waals surface area contributed by atoms with Crippen LogP contribution in [0, 0.1) is 0 Å². The number of nitrogens with zero attached hydrogens (tertiary/aromatic N) is 4. The standard InChI is InChI=1S/C18H27N5/c1-19-18(23(5)14-17-10-7-11-22(17)4)20-13-15-8-6-9-16(12-15)21(2)3/h6-12H,13-14H2,1-5H3,(H,19,20). The number of anilines is 1. The fraction of sp³-hybridized carbons (Fsp3) is 0.389. The van der Waals surface area contributed by atoms with E-state index < -0.39 is 0 Å². The highest BCUT2D eigenvalue weighted by Gasteiger charge is 2.08. The summed E-state index contributed by atoms with van der Waals surface area (Å²) < 4.78 is 2.13. The van der Waals surface area contributed by atoms with Crippen molar-refractivity contribution in [2.75, 3.05) is 33.1 Å². The molecule has 0 saturated carbocycles. The van der Waals surface area contributed by atoms with Gasteiger partial charge in [-0.15, -0.1) is 0 Å². The molecule has 0 bridgehead atoms. The molecule has 124 valence electrons. The van der Waals surface area contributed by atoms with Gasteiger partial charge in [-0.3, -0.25) is 4.99 Å². The monoisotopic (exact) mass is 313 g/mol. The fourth-order valence-corrected chi connectivity index (χ4v) is 2.49. The zero-order chi connectivity index (χ0) is 16.8. The number of guanidine groups is 1. The van der Waals surface area contributed by atoms with Crippen LogP contribution in [0.1, 0.15) is 11.3 Å². The highest BCUT2D eigenvalue weighted by Crippen LogP contribution is 2.13. The lowest BCUT2D eigenvalue weighted by molar-refractivity contribution is 0.461. The third-order valence-electron chi connectivity index (χ3n) is 3.90. The Morgan fingerprint density at radius 3 is 2.57 bits per heavy atom. The number of nitrogens with one attached hydrogen (secondary N) is 1. The second kappa shape index (κ2) is 7.72. The molecule has 5 nitrogen and oxygen atoms in total. The average Bonchev–Trinajstić information content (AvgIpc) is 2.93. The van der Waals surface area contributed by atoms with Gasteiger partial charge in [0.25, 0.3) is 0 Å². The van der Waals surface area contributed by atoms with E-state index in [0.717, 1.165) is 19.0 Å². The Morgan fingerprint density at radius 2 is 1.96 bits per heavy atom. The highest BCUT2D eigenvalue weighted by atomic mass is 15.3. The number of aliphatic imine (C=N–C) groups is 1. The van der Waals surface area contributed by atoms with E-state index in [9.17, 15) is 0 Å². The predicted molar refractivity (Wildman–Crippen MR) is 97.8 cm³/mol. The van der Waals surface area contributed by atoms with Crippen molar-refractivity contribution in [2.45, 2.75) is 13.1 Å². The third kappa shape index (κ3) is 4.52. The van der Waals surface area contributed by atoms with Gasteiger partial charge in [0.15, 0.2) is 5.96 Å². The topological polar surface area (TPSA) is 35.8 Å². The Labute approximate surface area is 139 Å². The van der Waals surface area contributed by atoms with E-state index in [0.29, 0.717) is 0 Å². The summed E-state index contributed by atoms with van der Waals surface area (Å²) in [5, 5.41) is 3.43. The molecule has 1 heterocycles. The second-order valence-electron chi connectivity index (χ2n) is 5.93. The molecule has 2 aromatic rings. The van der Waals surface area contributed by atoms with E-state index in [1.165, 1.54) is 16.9 Å². The van der Waals surface area contributed by atoms with Crippen molar-refractivity contribution >= 4 is 11.6 Å². The molecule has 23 heavy (non-hydrogen) atoms. The van der Waals surface area contributed by atoms with Gasteiger partial charge in [-0.2, -0.15) is 0 Å². The van der Waals surface area contributed by atoms with E-state index in [-0.39, 0.29) is 0 Å². The molecule has 2 rings (SSSR count). The van der Waals surface area contributed by atoms with Crippen LogP contribution in [-0.4, -0.2) is 43.6 Å². The van der Waals surface area contributed by atoms with E-state index in [4.69, 9.17) is 0 Å². The Bertz CT molecular complexity index is 657. The number of hydrogen-bond donors (Lipinski definition) is 1. The van der Waals surface area contributed by atoms with Crippen LogP contribution >= 0.6 is 0 Å². The first-order valence-corrected chi connectivity index (χ1v) is 7.79. The smallest absolute Gasteiger partial charge is 0.194 e. The van der Waals surface area contributed by atoms with Crippen LogP contribution in [-0.2, 0) is 20.1 Å². The zero-order valence-corrected chi connectivity index (χ0v) is 14.7. The first kappa shape index (κ1) is 16.9. The van der Waals surface area contributed by atoms with Crippen LogP contribution in [0.2, 0.25) is 0 Å². The second-order valence-corrected chi connectivity index (χ2v) is 5.93. The van der Waals surface area contributed by atoms with Crippen molar-refractivity contribution in [3.8, 4) is 0 Å². The van der Waals surface area contributed by atoms with Crippen LogP contribution in [0.3, 0.4) is 0 Å². The molecular weight excluding hydrogens is 286 g/mol. The first-order valence-electron chi connectivity index (χ1n) is 7.79. The minimum Gasteiger partial charge on any atom is -0.378 e. The van der Waals surface area contributed by atoms with Crippen molar-refractivity contribution in [2.24, 2.45) is 12.0 Å². The summed E-state index contributed by atoms with van der Waals surface area (Å²) in [6, 6.07) is 12.7. The molecule has 0 unspecified atom stereocenters. The molecule has 1 aromatic heterocycles. The molecule has 1 N–H and O–H groups in total. The maximum absolute atomic E-state index is 4.38. The fourth-order valence-electron chi connectivity index (χ4n) is 2.49. The Kier molecular flexibility index (Phi) is 5.68. The summed E-state index contributed by atoms with van der Waals surface area (Å²) in [7, 11) is 10.0. The quantitative estimate of drug-likeness (QED) is 0.680. The number of benzene rings is 1. The molecule has 0 aliphatic carbocycles. The van der Waals surface area contributed by atoms with Crippen LogP contribution < -0.4 is 10.2 Å². The van der Waals surface area contributed by atoms with Gasteiger partial charge in [-0.25, -0.2) is 0 Å². The van der Waals surface area contributed by atoms with E-state index in [1.807, 2.05) is 7.05 Å². The SMILES string of the molecule is CN=C(NCc1cccc(N(C)C)c1)N(C)Cc1cccn1C. The van der Waals surface area contributed by atoms with Gasteiger partial charge in [0.1, 0.15) is 0 Å². The van der Waals surface area contributed by atoms with Crippen molar-refractivity contribution in [3.63, 3.8) is 0 Å². The number of rotatable bonds is 5. The highest BCUT2D eigenvalue weighted by molar-refractivity contribution is 5.79. The summed E-state index contributed by atoms with van der Waals surface area (Å²) in [5.41, 5.74) is 3.70. The molecular formula is C18H27N5. The van der Waals surface area contributed by atoms with Gasteiger partial charge in [0.2, 0.25) is 0 Å². The first-order chi connectivity index (χ1) is 11.0. The molecule has 0 spiro atoms. The van der Waals surface area contributed by atoms with E-state index in [1.54, 1.807) is 0 Å². The van der Waals surface area contributed by atoms with Crippen molar-refractivity contribution in [1.82, 2.24) is 14.8 Å². The van der Waals surface area contributed by atoms with Crippen LogP contribution in [0.4, 0.5) is 5.69 Å². The van der Waals surface area contributed by atoms with Crippen LogP contribution in [0.25, 0.3) is 0 Å². The molecule has 5 heteroatoms. The van der Waals surface area contributed by atoms with Gasteiger partial charge in [-0.05, 0) is 29.8 Å². The Balaban J connectivity index is 1.97. The van der Waals surface area contributed by atoms with Gasteiger partial charge in [0, 0.05) is 59.4 Å². The molecule has 0 amide bonds. The minimum atomic E-state index is 0.756. The molecule has 0 aliphatic heterocycles. The zero-order valence-electron chi connectivity index (χ0n) is 14.7. The molecule has 1 aromatic carbocycles.